The van der Waals surface area contributed by atoms with Gasteiger partial charge in [0.15, 0.2) is 0 Å². The van der Waals surface area contributed by atoms with E-state index in [1.807, 2.05) is 13.8 Å². The number of benzene rings is 2. The molecule has 8 heteroatoms. The Morgan fingerprint density at radius 2 is 1.88 bits per heavy atom. The van der Waals surface area contributed by atoms with Crippen molar-refractivity contribution in [2.45, 2.75) is 64.6 Å². The third kappa shape index (κ3) is 4.62. The highest BCUT2D eigenvalue weighted by Gasteiger charge is 2.20. The van der Waals surface area contributed by atoms with Crippen LogP contribution in [0.4, 0.5) is 10.1 Å². The molecule has 1 heterocycles. The molecule has 1 saturated carbocycles. The van der Waals surface area contributed by atoms with Crippen LogP contribution in [0, 0.1) is 5.82 Å². The number of hydrogen-bond acceptors (Lipinski definition) is 5. The molecule has 3 aromatic rings. The molecule has 1 N–H and O–H groups in total. The minimum atomic E-state index is -0.566. The average molecular weight is 468 g/mol. The molecular weight excluding hydrogens is 437 g/mol. The second kappa shape index (κ2) is 9.83. The number of anilines is 1. The SMILES string of the molecule is COC(=O)c1cccc(Cn2c(=O)c3cc(F)c(NC4CCCCC4)cc3n(C(C)C)c2=O)c1. The second-order valence-electron chi connectivity index (χ2n) is 9.16. The lowest BCUT2D eigenvalue weighted by molar-refractivity contribution is 0.0600. The van der Waals surface area contributed by atoms with Crippen molar-refractivity contribution in [1.29, 1.82) is 0 Å². The third-order valence-electron chi connectivity index (χ3n) is 6.43. The third-order valence-corrected chi connectivity index (χ3v) is 6.43. The van der Waals surface area contributed by atoms with E-state index in [0.717, 1.165) is 30.3 Å². The lowest BCUT2D eigenvalue weighted by Gasteiger charge is -2.25. The highest BCUT2D eigenvalue weighted by molar-refractivity contribution is 5.89. The summed E-state index contributed by atoms with van der Waals surface area (Å²) < 4.78 is 22.4. The lowest BCUT2D eigenvalue weighted by Crippen LogP contribution is -2.41. The maximum absolute atomic E-state index is 15.1. The topological polar surface area (TPSA) is 82.3 Å². The van der Waals surface area contributed by atoms with E-state index < -0.39 is 23.0 Å². The molecule has 0 unspecified atom stereocenters. The first-order valence-electron chi connectivity index (χ1n) is 11.7. The zero-order chi connectivity index (χ0) is 24.4. The number of esters is 1. The van der Waals surface area contributed by atoms with Gasteiger partial charge in [-0.3, -0.25) is 13.9 Å². The van der Waals surface area contributed by atoms with E-state index in [0.29, 0.717) is 22.3 Å². The summed E-state index contributed by atoms with van der Waals surface area (Å²) in [6, 6.07) is 9.31. The fourth-order valence-electron chi connectivity index (χ4n) is 4.71. The number of halogens is 1. The van der Waals surface area contributed by atoms with E-state index >= 15 is 4.39 Å². The first kappa shape index (κ1) is 23.7. The molecule has 4 rings (SSSR count). The van der Waals surface area contributed by atoms with Crippen LogP contribution >= 0.6 is 0 Å². The van der Waals surface area contributed by atoms with Crippen LogP contribution in [0.15, 0.2) is 46.0 Å². The first-order chi connectivity index (χ1) is 16.3. The smallest absolute Gasteiger partial charge is 0.337 e. The van der Waals surface area contributed by atoms with E-state index in [4.69, 9.17) is 4.74 Å². The van der Waals surface area contributed by atoms with Crippen LogP contribution in [-0.2, 0) is 11.3 Å². The second-order valence-corrected chi connectivity index (χ2v) is 9.16. The average Bonchev–Trinajstić information content (AvgIpc) is 2.83. The van der Waals surface area contributed by atoms with E-state index in [9.17, 15) is 14.4 Å². The number of ether oxygens (including phenoxy) is 1. The van der Waals surface area contributed by atoms with Gasteiger partial charge in [-0.1, -0.05) is 31.4 Å². The molecule has 0 aliphatic heterocycles. The Bertz CT molecular complexity index is 1340. The van der Waals surface area contributed by atoms with E-state index in [2.05, 4.69) is 5.32 Å². The number of carbonyl (C=O) groups excluding carboxylic acids is 1. The van der Waals surface area contributed by atoms with Crippen molar-refractivity contribution in [3.8, 4) is 0 Å². The number of fused-ring (bicyclic) bond motifs is 1. The predicted molar refractivity (Wildman–Crippen MR) is 130 cm³/mol. The fourth-order valence-corrected chi connectivity index (χ4v) is 4.71. The molecule has 0 spiro atoms. The summed E-state index contributed by atoms with van der Waals surface area (Å²) in [5.74, 6) is -1.02. The van der Waals surface area contributed by atoms with Gasteiger partial charge in [-0.25, -0.2) is 14.0 Å². The largest absolute Gasteiger partial charge is 0.465 e. The molecule has 1 aromatic heterocycles. The Kier molecular flexibility index (Phi) is 6.86. The summed E-state index contributed by atoms with van der Waals surface area (Å²) in [5, 5.41) is 3.42. The van der Waals surface area contributed by atoms with Gasteiger partial charge in [0.2, 0.25) is 0 Å². The summed E-state index contributed by atoms with van der Waals surface area (Å²) in [4.78, 5) is 38.6. The van der Waals surface area contributed by atoms with Gasteiger partial charge in [-0.05, 0) is 56.5 Å². The monoisotopic (exact) mass is 467 g/mol. The number of aromatic nitrogens is 2. The van der Waals surface area contributed by atoms with Crippen molar-refractivity contribution >= 4 is 22.6 Å². The molecule has 180 valence electrons. The van der Waals surface area contributed by atoms with Crippen LogP contribution in [0.1, 0.15) is 67.9 Å². The number of carbonyl (C=O) groups is 1. The van der Waals surface area contributed by atoms with Crippen molar-refractivity contribution in [2.75, 3.05) is 12.4 Å². The Hall–Kier alpha value is -3.42. The van der Waals surface area contributed by atoms with Gasteiger partial charge < -0.3 is 10.1 Å². The van der Waals surface area contributed by atoms with Crippen molar-refractivity contribution in [3.63, 3.8) is 0 Å². The van der Waals surface area contributed by atoms with Crippen LogP contribution in [0.3, 0.4) is 0 Å². The molecule has 7 nitrogen and oxygen atoms in total. The van der Waals surface area contributed by atoms with Crippen LogP contribution in [0.5, 0.6) is 0 Å². The zero-order valence-corrected chi connectivity index (χ0v) is 19.8. The molecule has 0 atom stereocenters. The molecule has 34 heavy (non-hydrogen) atoms. The van der Waals surface area contributed by atoms with Gasteiger partial charge in [-0.2, -0.15) is 0 Å². The Morgan fingerprint density at radius 1 is 1.15 bits per heavy atom. The van der Waals surface area contributed by atoms with Crippen molar-refractivity contribution in [2.24, 2.45) is 0 Å². The summed E-state index contributed by atoms with van der Waals surface area (Å²) in [6.45, 7) is 3.66. The molecule has 0 saturated heterocycles. The molecule has 0 bridgehead atoms. The fraction of sp³-hybridized carbons (Fsp3) is 0.423. The standard InChI is InChI=1S/C26H30FN3O4/c1-16(2)30-23-14-22(28-19-10-5-4-6-11-19)21(27)13-20(23)24(31)29(26(30)33)15-17-8-7-9-18(12-17)25(32)34-3/h7-9,12-14,16,19,28H,4-6,10-11,15H2,1-3H3. The van der Waals surface area contributed by atoms with Crippen LogP contribution in [0.25, 0.3) is 10.9 Å². The van der Waals surface area contributed by atoms with Crippen molar-refractivity contribution < 1.29 is 13.9 Å². The molecule has 1 fully saturated rings. The predicted octanol–water partition coefficient (Wildman–Crippen LogP) is 4.46. The van der Waals surface area contributed by atoms with E-state index in [1.54, 1.807) is 30.3 Å². The highest BCUT2D eigenvalue weighted by Crippen LogP contribution is 2.26. The van der Waals surface area contributed by atoms with Gasteiger partial charge in [0.05, 0.1) is 35.8 Å². The van der Waals surface area contributed by atoms with Gasteiger partial charge in [0, 0.05) is 12.1 Å². The molecule has 0 radical (unpaired) electrons. The molecule has 0 amide bonds. The van der Waals surface area contributed by atoms with Gasteiger partial charge in [0.1, 0.15) is 5.82 Å². The van der Waals surface area contributed by atoms with E-state index in [1.165, 1.54) is 24.2 Å². The maximum atomic E-state index is 15.1. The van der Waals surface area contributed by atoms with Crippen molar-refractivity contribution in [3.05, 3.63) is 74.2 Å². The molecule has 1 aliphatic rings. The normalized spacial score (nSPS) is 14.5. The quantitative estimate of drug-likeness (QED) is 0.541. The Morgan fingerprint density at radius 3 is 2.56 bits per heavy atom. The summed E-state index contributed by atoms with van der Waals surface area (Å²) in [6.07, 6.45) is 5.34. The summed E-state index contributed by atoms with van der Waals surface area (Å²) in [7, 11) is 1.29. The molecule has 1 aliphatic carbocycles. The van der Waals surface area contributed by atoms with Crippen LogP contribution in [-0.4, -0.2) is 28.3 Å². The lowest BCUT2D eigenvalue weighted by atomic mass is 9.95. The van der Waals surface area contributed by atoms with Gasteiger partial charge in [-0.15, -0.1) is 0 Å². The molecule has 2 aromatic carbocycles. The Labute approximate surface area is 197 Å². The van der Waals surface area contributed by atoms with E-state index in [-0.39, 0.29) is 24.0 Å². The van der Waals surface area contributed by atoms with Crippen molar-refractivity contribution in [1.82, 2.24) is 9.13 Å². The minimum absolute atomic E-state index is 0.0468. The number of methoxy groups -OCH3 is 1. The highest BCUT2D eigenvalue weighted by atomic mass is 19.1. The number of hydrogen-bond donors (Lipinski definition) is 1. The number of nitrogens with zero attached hydrogens (tertiary/aromatic N) is 2. The zero-order valence-electron chi connectivity index (χ0n) is 19.8. The van der Waals surface area contributed by atoms with Gasteiger partial charge >= 0.3 is 11.7 Å². The summed E-state index contributed by atoms with van der Waals surface area (Å²) >= 11 is 0. The Balaban J connectivity index is 1.82. The number of rotatable bonds is 6. The summed E-state index contributed by atoms with van der Waals surface area (Å²) in [5.41, 5.74) is 0.588. The first-order valence-corrected chi connectivity index (χ1v) is 11.7. The molecular formula is C26H30FN3O4. The van der Waals surface area contributed by atoms with Crippen LogP contribution in [0.2, 0.25) is 0 Å². The van der Waals surface area contributed by atoms with Gasteiger partial charge in [0.25, 0.3) is 5.56 Å². The maximum Gasteiger partial charge on any atom is 0.337 e. The minimum Gasteiger partial charge on any atom is -0.465 e. The number of nitrogens with one attached hydrogen (secondary N) is 1. The van der Waals surface area contributed by atoms with Crippen LogP contribution < -0.4 is 16.6 Å².